The molecular formula is C21H26ClF. The van der Waals surface area contributed by atoms with Gasteiger partial charge in [0.15, 0.2) is 0 Å². The number of halogens is 2. The molecule has 2 heteroatoms. The molecule has 0 aromatic heterocycles. The lowest BCUT2D eigenvalue weighted by Crippen LogP contribution is -2.12. The van der Waals surface area contributed by atoms with Crippen molar-refractivity contribution < 1.29 is 4.39 Å². The summed E-state index contributed by atoms with van der Waals surface area (Å²) in [6, 6.07) is 4.67. The van der Waals surface area contributed by atoms with Gasteiger partial charge in [-0.05, 0) is 61.8 Å². The second kappa shape index (κ2) is 9.78. The van der Waals surface area contributed by atoms with Crippen LogP contribution in [0.2, 0.25) is 5.02 Å². The first-order chi connectivity index (χ1) is 11.2. The van der Waals surface area contributed by atoms with E-state index >= 15 is 0 Å². The van der Waals surface area contributed by atoms with Gasteiger partial charge in [0, 0.05) is 5.56 Å². The SMILES string of the molecule is CCCCC[C@H]1CC[C@H](C=CC#Cc2ccc(Cl)c(F)c2)CC1. The van der Waals surface area contributed by atoms with Crippen LogP contribution in [0, 0.1) is 29.5 Å². The number of rotatable bonds is 5. The Bertz CT molecular complexity index is 571. The standard InChI is InChI=1S/C21H26ClF/c1-2-3-4-7-17-10-12-18(13-11-17)8-5-6-9-19-14-15-20(22)21(23)16-19/h5,8,14-18H,2-4,7,10-13H2,1H3/t17-,18-. The van der Waals surface area contributed by atoms with Gasteiger partial charge < -0.3 is 0 Å². The van der Waals surface area contributed by atoms with Gasteiger partial charge in [-0.15, -0.1) is 0 Å². The fraction of sp³-hybridized carbons (Fsp3) is 0.524. The van der Waals surface area contributed by atoms with E-state index in [-0.39, 0.29) is 5.02 Å². The normalized spacial score (nSPS) is 21.2. The predicted octanol–water partition coefficient (Wildman–Crippen LogP) is 6.77. The van der Waals surface area contributed by atoms with Crippen molar-refractivity contribution >= 4 is 11.6 Å². The first-order valence-electron chi connectivity index (χ1n) is 8.82. The summed E-state index contributed by atoms with van der Waals surface area (Å²) in [7, 11) is 0. The van der Waals surface area contributed by atoms with Gasteiger partial charge in [0.1, 0.15) is 5.82 Å². The zero-order chi connectivity index (χ0) is 16.5. The van der Waals surface area contributed by atoms with Crippen LogP contribution in [0.25, 0.3) is 0 Å². The molecule has 1 aliphatic carbocycles. The van der Waals surface area contributed by atoms with Crippen LogP contribution in [-0.2, 0) is 0 Å². The molecule has 1 aromatic rings. The van der Waals surface area contributed by atoms with Gasteiger partial charge in [-0.3, -0.25) is 0 Å². The van der Waals surface area contributed by atoms with E-state index in [1.165, 1.54) is 57.4 Å². The molecule has 1 saturated carbocycles. The lowest BCUT2D eigenvalue weighted by Gasteiger charge is -2.26. The molecule has 0 radical (unpaired) electrons. The highest BCUT2D eigenvalue weighted by atomic mass is 35.5. The Hall–Kier alpha value is -1.26. The lowest BCUT2D eigenvalue weighted by molar-refractivity contribution is 0.289. The van der Waals surface area contributed by atoms with Crippen molar-refractivity contribution in [1.82, 2.24) is 0 Å². The highest BCUT2D eigenvalue weighted by Gasteiger charge is 2.18. The fourth-order valence-electron chi connectivity index (χ4n) is 3.24. The number of hydrogen-bond acceptors (Lipinski definition) is 0. The molecule has 0 bridgehead atoms. The first kappa shape index (κ1) is 18.1. The molecule has 2 rings (SSSR count). The molecular weight excluding hydrogens is 307 g/mol. The van der Waals surface area contributed by atoms with Crippen LogP contribution in [0.3, 0.4) is 0 Å². The van der Waals surface area contributed by atoms with Crippen molar-refractivity contribution in [2.24, 2.45) is 11.8 Å². The molecule has 0 saturated heterocycles. The minimum Gasteiger partial charge on any atom is -0.205 e. The van der Waals surface area contributed by atoms with Gasteiger partial charge in [0.2, 0.25) is 0 Å². The van der Waals surface area contributed by atoms with Gasteiger partial charge in [0.25, 0.3) is 0 Å². The number of hydrogen-bond donors (Lipinski definition) is 0. The van der Waals surface area contributed by atoms with E-state index in [2.05, 4.69) is 24.8 Å². The van der Waals surface area contributed by atoms with Crippen LogP contribution in [-0.4, -0.2) is 0 Å². The zero-order valence-corrected chi connectivity index (χ0v) is 14.7. The molecule has 1 aliphatic rings. The highest BCUT2D eigenvalue weighted by Crippen LogP contribution is 2.32. The van der Waals surface area contributed by atoms with Crippen LogP contribution in [0.15, 0.2) is 30.4 Å². The Morgan fingerprint density at radius 1 is 1.22 bits per heavy atom. The molecule has 0 N–H and O–H groups in total. The van der Waals surface area contributed by atoms with Crippen molar-refractivity contribution in [2.75, 3.05) is 0 Å². The van der Waals surface area contributed by atoms with E-state index in [1.54, 1.807) is 12.1 Å². The quantitative estimate of drug-likeness (QED) is 0.412. The summed E-state index contributed by atoms with van der Waals surface area (Å²) in [6.45, 7) is 2.27. The Morgan fingerprint density at radius 3 is 2.70 bits per heavy atom. The maximum absolute atomic E-state index is 13.3. The lowest BCUT2D eigenvalue weighted by atomic mass is 9.79. The molecule has 1 fully saturated rings. The van der Waals surface area contributed by atoms with E-state index in [4.69, 9.17) is 11.6 Å². The van der Waals surface area contributed by atoms with E-state index in [1.807, 2.05) is 6.08 Å². The topological polar surface area (TPSA) is 0 Å². The Kier molecular flexibility index (Phi) is 7.69. The maximum Gasteiger partial charge on any atom is 0.143 e. The van der Waals surface area contributed by atoms with Crippen LogP contribution < -0.4 is 0 Å². The Morgan fingerprint density at radius 2 is 2.00 bits per heavy atom. The molecule has 0 spiro atoms. The second-order valence-electron chi connectivity index (χ2n) is 6.53. The van der Waals surface area contributed by atoms with Crippen molar-refractivity contribution in [3.63, 3.8) is 0 Å². The van der Waals surface area contributed by atoms with Crippen LogP contribution in [0.5, 0.6) is 0 Å². The molecule has 0 unspecified atom stereocenters. The smallest absolute Gasteiger partial charge is 0.143 e. The van der Waals surface area contributed by atoms with Crippen LogP contribution >= 0.6 is 11.6 Å². The molecule has 0 amide bonds. The van der Waals surface area contributed by atoms with Gasteiger partial charge in [-0.2, -0.15) is 0 Å². The predicted molar refractivity (Wildman–Crippen MR) is 97.0 cm³/mol. The molecule has 23 heavy (non-hydrogen) atoms. The summed E-state index contributed by atoms with van der Waals surface area (Å²) < 4.78 is 13.3. The van der Waals surface area contributed by atoms with Crippen molar-refractivity contribution in [2.45, 2.75) is 58.3 Å². The van der Waals surface area contributed by atoms with E-state index < -0.39 is 5.82 Å². The summed E-state index contributed by atoms with van der Waals surface area (Å²) in [5, 5.41) is 0.141. The van der Waals surface area contributed by atoms with Gasteiger partial charge in [0.05, 0.1) is 5.02 Å². The molecule has 0 nitrogen and oxygen atoms in total. The molecule has 0 atom stereocenters. The summed E-state index contributed by atoms with van der Waals surface area (Å²) in [5.41, 5.74) is 0.663. The maximum atomic E-state index is 13.3. The molecule has 0 aliphatic heterocycles. The van der Waals surface area contributed by atoms with E-state index in [0.717, 1.165) is 5.92 Å². The highest BCUT2D eigenvalue weighted by molar-refractivity contribution is 6.30. The van der Waals surface area contributed by atoms with Gasteiger partial charge in [-0.25, -0.2) is 4.39 Å². The average Bonchev–Trinajstić information content (AvgIpc) is 2.56. The Labute approximate surface area is 145 Å². The van der Waals surface area contributed by atoms with E-state index in [9.17, 15) is 4.39 Å². The monoisotopic (exact) mass is 332 g/mol. The zero-order valence-electron chi connectivity index (χ0n) is 14.0. The van der Waals surface area contributed by atoms with Gasteiger partial charge >= 0.3 is 0 Å². The third-order valence-corrected chi connectivity index (χ3v) is 5.00. The largest absolute Gasteiger partial charge is 0.205 e. The first-order valence-corrected chi connectivity index (χ1v) is 9.20. The molecule has 124 valence electrons. The fourth-order valence-corrected chi connectivity index (χ4v) is 3.35. The summed E-state index contributed by atoms with van der Waals surface area (Å²) >= 11 is 5.66. The number of allylic oxidation sites excluding steroid dienone is 2. The minimum absolute atomic E-state index is 0.141. The van der Waals surface area contributed by atoms with Crippen molar-refractivity contribution in [1.29, 1.82) is 0 Å². The van der Waals surface area contributed by atoms with E-state index in [0.29, 0.717) is 11.5 Å². The number of benzene rings is 1. The summed E-state index contributed by atoms with van der Waals surface area (Å²) in [5.74, 6) is 7.16. The Balaban J connectivity index is 1.75. The van der Waals surface area contributed by atoms with Crippen molar-refractivity contribution in [3.8, 4) is 11.8 Å². The summed E-state index contributed by atoms with van der Waals surface area (Å²) in [4.78, 5) is 0. The van der Waals surface area contributed by atoms with Gasteiger partial charge in [-0.1, -0.05) is 62.1 Å². The third kappa shape index (κ3) is 6.40. The summed E-state index contributed by atoms with van der Waals surface area (Å²) in [6.07, 6.45) is 14.9. The molecule has 0 heterocycles. The van der Waals surface area contributed by atoms with Crippen LogP contribution in [0.1, 0.15) is 63.9 Å². The second-order valence-corrected chi connectivity index (χ2v) is 6.94. The number of unbranched alkanes of at least 4 members (excludes halogenated alkanes) is 2. The van der Waals surface area contributed by atoms with Crippen LogP contribution in [0.4, 0.5) is 4.39 Å². The average molecular weight is 333 g/mol. The van der Waals surface area contributed by atoms with Crippen molar-refractivity contribution in [3.05, 3.63) is 46.8 Å². The minimum atomic E-state index is -0.413. The third-order valence-electron chi connectivity index (χ3n) is 4.70. The molecule has 1 aromatic carbocycles.